The molecule has 0 saturated carbocycles. The number of halogens is 1. The molecule has 1 aliphatic rings. The van der Waals surface area contributed by atoms with Gasteiger partial charge < -0.3 is 4.90 Å². The molecule has 4 aromatic rings. The summed E-state index contributed by atoms with van der Waals surface area (Å²) in [4.78, 5) is 24.4. The first-order chi connectivity index (χ1) is 15.7. The summed E-state index contributed by atoms with van der Waals surface area (Å²) < 4.78 is 13.4. The van der Waals surface area contributed by atoms with Crippen molar-refractivity contribution in [3.05, 3.63) is 89.6 Å². The number of nitrogens with one attached hydrogen (secondary N) is 1. The molecule has 32 heavy (non-hydrogen) atoms. The predicted octanol–water partition coefficient (Wildman–Crippen LogP) is 4.22. The molecule has 7 heteroatoms. The van der Waals surface area contributed by atoms with Gasteiger partial charge in [-0.05, 0) is 42.5 Å². The normalized spacial score (nSPS) is 17.4. The average molecular weight is 429 g/mol. The number of carbonyl (C=O) groups excluding carboxylic acids is 1. The van der Waals surface area contributed by atoms with E-state index in [0.29, 0.717) is 18.6 Å². The molecule has 0 unspecified atom stereocenters. The van der Waals surface area contributed by atoms with Gasteiger partial charge in [0, 0.05) is 31.4 Å². The van der Waals surface area contributed by atoms with Gasteiger partial charge in [0.15, 0.2) is 5.65 Å². The Morgan fingerprint density at radius 2 is 1.88 bits per heavy atom. The van der Waals surface area contributed by atoms with Crippen molar-refractivity contribution in [2.45, 2.75) is 31.1 Å². The molecule has 1 amide bonds. The van der Waals surface area contributed by atoms with Gasteiger partial charge in [-0.1, -0.05) is 42.5 Å². The molecule has 0 radical (unpaired) electrons. The maximum atomic E-state index is 13.7. The Morgan fingerprint density at radius 1 is 1.09 bits per heavy atom. The largest absolute Gasteiger partial charge is 0.341 e. The molecule has 1 fully saturated rings. The Hall–Kier alpha value is -3.61. The fourth-order valence-electron chi connectivity index (χ4n) is 4.58. The van der Waals surface area contributed by atoms with Crippen LogP contribution in [0.5, 0.6) is 0 Å². The number of fused-ring (bicyclic) bond motifs is 1. The van der Waals surface area contributed by atoms with Crippen LogP contribution in [0.4, 0.5) is 4.39 Å². The van der Waals surface area contributed by atoms with Gasteiger partial charge in [-0.2, -0.15) is 5.10 Å². The molecule has 6 nitrogen and oxygen atoms in total. The molecule has 0 aliphatic carbocycles. The van der Waals surface area contributed by atoms with Crippen LogP contribution in [0.2, 0.25) is 0 Å². The van der Waals surface area contributed by atoms with Crippen LogP contribution in [0.3, 0.4) is 0 Å². The summed E-state index contributed by atoms with van der Waals surface area (Å²) in [5.41, 5.74) is 4.24. The summed E-state index contributed by atoms with van der Waals surface area (Å²) in [5, 5.41) is 7.38. The van der Waals surface area contributed by atoms with Crippen LogP contribution in [0.15, 0.2) is 67.0 Å². The number of aromatic amines is 1. The van der Waals surface area contributed by atoms with E-state index in [1.54, 1.807) is 24.5 Å². The average Bonchev–Trinajstić information content (AvgIpc) is 3.28. The molecule has 0 bridgehead atoms. The van der Waals surface area contributed by atoms with Gasteiger partial charge in [0.1, 0.15) is 11.3 Å². The molecular weight excluding hydrogens is 405 g/mol. The summed E-state index contributed by atoms with van der Waals surface area (Å²) in [5.74, 6) is -0.361. The van der Waals surface area contributed by atoms with Gasteiger partial charge >= 0.3 is 0 Å². The molecule has 5 rings (SSSR count). The minimum atomic E-state index is -0.321. The Labute approximate surface area is 185 Å². The standard InChI is InChI=1S/C25H24FN5O/c26-20-10-8-17(9-11-20)15-21(18-5-2-1-3-6-18)25(32)31-14-4-7-19(16-31)22-23-24(30-29-22)28-13-12-27-23/h1-3,5-6,8-13,19,21H,4,7,14-16H2,(H,28,29,30)/t19-,21-/m0/s1. The van der Waals surface area contributed by atoms with E-state index in [-0.39, 0.29) is 23.6 Å². The number of hydrogen-bond donors (Lipinski definition) is 1. The molecule has 1 saturated heterocycles. The first kappa shape index (κ1) is 20.3. The summed E-state index contributed by atoms with van der Waals surface area (Å²) in [7, 11) is 0. The number of amides is 1. The number of hydrogen-bond acceptors (Lipinski definition) is 4. The van der Waals surface area contributed by atoms with Crippen molar-refractivity contribution in [2.75, 3.05) is 13.1 Å². The van der Waals surface area contributed by atoms with Crippen molar-refractivity contribution in [1.82, 2.24) is 25.1 Å². The van der Waals surface area contributed by atoms with Crippen molar-refractivity contribution in [3.63, 3.8) is 0 Å². The van der Waals surface area contributed by atoms with Gasteiger partial charge in [0.25, 0.3) is 0 Å². The van der Waals surface area contributed by atoms with E-state index in [0.717, 1.165) is 41.7 Å². The number of piperidine rings is 1. The molecular formula is C25H24FN5O. The van der Waals surface area contributed by atoms with Gasteiger partial charge in [-0.3, -0.25) is 9.89 Å². The van der Waals surface area contributed by atoms with Gasteiger partial charge in [0.05, 0.1) is 11.6 Å². The van der Waals surface area contributed by atoms with E-state index in [2.05, 4.69) is 20.2 Å². The lowest BCUT2D eigenvalue weighted by molar-refractivity contribution is -0.134. The Balaban J connectivity index is 1.40. The monoisotopic (exact) mass is 429 g/mol. The third-order valence-corrected chi connectivity index (χ3v) is 6.21. The molecule has 3 heterocycles. The number of benzene rings is 2. The van der Waals surface area contributed by atoms with Crippen molar-refractivity contribution in [3.8, 4) is 0 Å². The number of nitrogens with zero attached hydrogens (tertiary/aromatic N) is 4. The molecule has 0 spiro atoms. The SMILES string of the molecule is O=C([C@@H](Cc1ccc(F)cc1)c1ccccc1)N1CCC[C@H](c2[nH]nc3nccnc23)C1. The summed E-state index contributed by atoms with van der Waals surface area (Å²) in [6, 6.07) is 16.2. The third kappa shape index (κ3) is 4.10. The minimum Gasteiger partial charge on any atom is -0.341 e. The van der Waals surface area contributed by atoms with Crippen LogP contribution in [0, 0.1) is 5.82 Å². The second kappa shape index (κ2) is 8.86. The lowest BCUT2D eigenvalue weighted by Crippen LogP contribution is -2.42. The first-order valence-corrected chi connectivity index (χ1v) is 10.9. The second-order valence-corrected chi connectivity index (χ2v) is 8.28. The van der Waals surface area contributed by atoms with Crippen LogP contribution in [0.1, 0.15) is 41.5 Å². The third-order valence-electron chi connectivity index (χ3n) is 6.21. The highest BCUT2D eigenvalue weighted by molar-refractivity contribution is 5.84. The van der Waals surface area contributed by atoms with E-state index >= 15 is 0 Å². The van der Waals surface area contributed by atoms with E-state index in [1.165, 1.54) is 12.1 Å². The number of likely N-dealkylation sites (tertiary alicyclic amines) is 1. The van der Waals surface area contributed by atoms with Crippen molar-refractivity contribution >= 4 is 17.1 Å². The lowest BCUT2D eigenvalue weighted by Gasteiger charge is -2.35. The van der Waals surface area contributed by atoms with E-state index in [1.807, 2.05) is 35.2 Å². The Bertz CT molecular complexity index is 1210. The summed E-state index contributed by atoms with van der Waals surface area (Å²) >= 11 is 0. The highest BCUT2D eigenvalue weighted by atomic mass is 19.1. The van der Waals surface area contributed by atoms with E-state index in [4.69, 9.17) is 0 Å². The minimum absolute atomic E-state index is 0.0973. The molecule has 2 aromatic carbocycles. The number of carbonyl (C=O) groups is 1. The van der Waals surface area contributed by atoms with Gasteiger partial charge in [-0.15, -0.1) is 0 Å². The van der Waals surface area contributed by atoms with Crippen LogP contribution < -0.4 is 0 Å². The molecule has 2 aromatic heterocycles. The zero-order chi connectivity index (χ0) is 21.9. The van der Waals surface area contributed by atoms with Crippen molar-refractivity contribution < 1.29 is 9.18 Å². The molecule has 2 atom stereocenters. The van der Waals surface area contributed by atoms with Crippen LogP contribution >= 0.6 is 0 Å². The topological polar surface area (TPSA) is 74.8 Å². The van der Waals surface area contributed by atoms with Gasteiger partial charge in [-0.25, -0.2) is 14.4 Å². The maximum absolute atomic E-state index is 13.7. The summed E-state index contributed by atoms with van der Waals surface area (Å²) in [6.07, 6.45) is 5.70. The van der Waals surface area contributed by atoms with E-state index < -0.39 is 0 Å². The first-order valence-electron chi connectivity index (χ1n) is 10.9. The van der Waals surface area contributed by atoms with Crippen LogP contribution in [-0.4, -0.2) is 44.1 Å². The highest BCUT2D eigenvalue weighted by Crippen LogP contribution is 2.32. The van der Waals surface area contributed by atoms with Crippen molar-refractivity contribution in [1.29, 1.82) is 0 Å². The number of rotatable bonds is 5. The molecule has 1 aliphatic heterocycles. The fraction of sp³-hybridized carbons (Fsp3) is 0.280. The quantitative estimate of drug-likeness (QED) is 0.515. The number of aromatic nitrogens is 4. The molecule has 1 N–H and O–H groups in total. The Kier molecular flexibility index (Phi) is 5.62. The Morgan fingerprint density at radius 3 is 2.69 bits per heavy atom. The van der Waals surface area contributed by atoms with Gasteiger partial charge in [0.2, 0.25) is 5.91 Å². The van der Waals surface area contributed by atoms with E-state index in [9.17, 15) is 9.18 Å². The predicted molar refractivity (Wildman–Crippen MR) is 120 cm³/mol. The summed E-state index contributed by atoms with van der Waals surface area (Å²) in [6.45, 7) is 1.33. The van der Waals surface area contributed by atoms with Crippen molar-refractivity contribution in [2.24, 2.45) is 0 Å². The zero-order valence-electron chi connectivity index (χ0n) is 17.6. The fourth-order valence-corrected chi connectivity index (χ4v) is 4.58. The smallest absolute Gasteiger partial charge is 0.230 e. The van der Waals surface area contributed by atoms with Crippen LogP contribution in [0.25, 0.3) is 11.2 Å². The second-order valence-electron chi connectivity index (χ2n) is 8.28. The highest BCUT2D eigenvalue weighted by Gasteiger charge is 2.32. The molecule has 162 valence electrons. The maximum Gasteiger partial charge on any atom is 0.230 e. The lowest BCUT2D eigenvalue weighted by atomic mass is 9.88. The van der Waals surface area contributed by atoms with Crippen LogP contribution in [-0.2, 0) is 11.2 Å². The number of H-pyrrole nitrogens is 1. The zero-order valence-corrected chi connectivity index (χ0v) is 17.6.